The number of carbonyl (C=O) groups is 1. The van der Waals surface area contributed by atoms with E-state index in [4.69, 9.17) is 9.47 Å². The number of ether oxygens (including phenoxy) is 2. The van der Waals surface area contributed by atoms with Crippen LogP contribution in [0.3, 0.4) is 0 Å². The molecule has 0 fully saturated rings. The van der Waals surface area contributed by atoms with Crippen molar-refractivity contribution in [2.24, 2.45) is 0 Å². The van der Waals surface area contributed by atoms with Crippen LogP contribution in [0.15, 0.2) is 91.0 Å². The molecule has 35 heavy (non-hydrogen) atoms. The summed E-state index contributed by atoms with van der Waals surface area (Å²) in [6.45, 7) is 0.614. The number of hydrogen-bond acceptors (Lipinski definition) is 6. The van der Waals surface area contributed by atoms with E-state index in [9.17, 15) is 14.9 Å². The number of pyridine rings is 1. The maximum Gasteiger partial charge on any atom is 0.275 e. The normalized spacial score (nSPS) is 12.3. The van der Waals surface area contributed by atoms with Crippen molar-refractivity contribution in [1.29, 1.82) is 0 Å². The molecule has 0 saturated carbocycles. The Morgan fingerprint density at radius 2 is 1.49 bits per heavy atom. The molecule has 5 rings (SSSR count). The van der Waals surface area contributed by atoms with Crippen LogP contribution in [0.2, 0.25) is 0 Å². The number of aromatic nitrogens is 1. The molecule has 0 N–H and O–H groups in total. The smallest absolute Gasteiger partial charge is 0.275 e. The van der Waals surface area contributed by atoms with Gasteiger partial charge < -0.3 is 9.47 Å². The monoisotopic (exact) mass is 467 g/mol. The lowest BCUT2D eigenvalue weighted by molar-refractivity contribution is -0.385. The summed E-state index contributed by atoms with van der Waals surface area (Å²) in [5, 5.41) is 11.5. The van der Waals surface area contributed by atoms with Gasteiger partial charge in [0.1, 0.15) is 18.9 Å². The van der Waals surface area contributed by atoms with Crippen LogP contribution in [0.4, 0.5) is 11.4 Å². The highest BCUT2D eigenvalue weighted by molar-refractivity contribution is 6.11. The second-order valence-electron chi connectivity index (χ2n) is 7.97. The Hall–Kier alpha value is -4.72. The minimum absolute atomic E-state index is 0.0545. The van der Waals surface area contributed by atoms with E-state index < -0.39 is 4.92 Å². The van der Waals surface area contributed by atoms with Gasteiger partial charge in [0.2, 0.25) is 11.8 Å². The van der Waals surface area contributed by atoms with Crippen LogP contribution >= 0.6 is 0 Å². The van der Waals surface area contributed by atoms with Crippen LogP contribution in [-0.4, -0.2) is 15.8 Å². The van der Waals surface area contributed by atoms with Crippen molar-refractivity contribution in [3.8, 4) is 11.8 Å². The van der Waals surface area contributed by atoms with Gasteiger partial charge in [-0.05, 0) is 23.3 Å². The molecule has 0 radical (unpaired) electrons. The molecule has 2 heterocycles. The molecule has 1 amide bonds. The number of benzene rings is 3. The third-order valence-corrected chi connectivity index (χ3v) is 5.69. The quantitative estimate of drug-likeness (QED) is 0.258. The molecular weight excluding hydrogens is 446 g/mol. The first-order valence-electron chi connectivity index (χ1n) is 11.0. The van der Waals surface area contributed by atoms with E-state index in [2.05, 4.69) is 4.98 Å². The Balaban J connectivity index is 1.45. The van der Waals surface area contributed by atoms with Crippen molar-refractivity contribution >= 4 is 17.3 Å². The second kappa shape index (κ2) is 9.64. The van der Waals surface area contributed by atoms with Gasteiger partial charge in [-0.3, -0.25) is 19.8 Å². The number of hydrogen-bond donors (Lipinski definition) is 0. The predicted octanol–water partition coefficient (Wildman–Crippen LogP) is 5.31. The lowest BCUT2D eigenvalue weighted by atomic mass is 10.1. The van der Waals surface area contributed by atoms with Crippen LogP contribution in [0, 0.1) is 10.1 Å². The predicted molar refractivity (Wildman–Crippen MR) is 129 cm³/mol. The third kappa shape index (κ3) is 4.67. The minimum atomic E-state index is -0.471. The number of fused-ring (bicyclic) bond motifs is 1. The zero-order chi connectivity index (χ0) is 24.2. The summed E-state index contributed by atoms with van der Waals surface area (Å²) in [6, 6.07) is 27.2. The fraction of sp³-hybridized carbons (Fsp3) is 0.111. The van der Waals surface area contributed by atoms with Gasteiger partial charge in [0.05, 0.1) is 22.6 Å². The molecule has 8 nitrogen and oxygen atoms in total. The largest absolute Gasteiger partial charge is 0.473 e. The average Bonchev–Trinajstić information content (AvgIpc) is 3.23. The molecule has 1 aliphatic rings. The molecule has 0 spiro atoms. The first-order valence-corrected chi connectivity index (χ1v) is 11.0. The maximum absolute atomic E-state index is 13.2. The molecule has 0 bridgehead atoms. The molecule has 0 atom stereocenters. The van der Waals surface area contributed by atoms with Crippen molar-refractivity contribution < 1.29 is 19.2 Å². The SMILES string of the molecule is O=C1c2cccc([N+](=O)[O-])c2CN1c1ccc(OCc2ccccc2)nc1OCc1ccccc1. The molecule has 0 aliphatic carbocycles. The number of nitro benzene ring substituents is 1. The number of nitro groups is 1. The van der Waals surface area contributed by atoms with Crippen molar-refractivity contribution in [3.63, 3.8) is 0 Å². The molecule has 1 aliphatic heterocycles. The molecule has 0 unspecified atom stereocenters. The third-order valence-electron chi connectivity index (χ3n) is 5.69. The Labute approximate surface area is 201 Å². The Kier molecular flexibility index (Phi) is 6.09. The summed E-state index contributed by atoms with van der Waals surface area (Å²) in [6.07, 6.45) is 0. The van der Waals surface area contributed by atoms with Crippen LogP contribution < -0.4 is 14.4 Å². The van der Waals surface area contributed by atoms with Gasteiger partial charge in [-0.15, -0.1) is 0 Å². The highest BCUT2D eigenvalue weighted by Gasteiger charge is 2.35. The van der Waals surface area contributed by atoms with Crippen molar-refractivity contribution in [3.05, 3.63) is 123 Å². The molecule has 3 aromatic carbocycles. The number of nitrogens with zero attached hydrogens (tertiary/aromatic N) is 3. The van der Waals surface area contributed by atoms with E-state index >= 15 is 0 Å². The second-order valence-corrected chi connectivity index (χ2v) is 7.97. The summed E-state index contributed by atoms with van der Waals surface area (Å²) in [4.78, 5) is 30.2. The van der Waals surface area contributed by atoms with E-state index in [0.717, 1.165) is 11.1 Å². The van der Waals surface area contributed by atoms with E-state index in [1.165, 1.54) is 17.0 Å². The number of rotatable bonds is 8. The molecule has 0 saturated heterocycles. The van der Waals surface area contributed by atoms with E-state index in [1.807, 2.05) is 60.7 Å². The molecule has 8 heteroatoms. The van der Waals surface area contributed by atoms with Crippen LogP contribution in [0.25, 0.3) is 0 Å². The van der Waals surface area contributed by atoms with E-state index in [1.54, 1.807) is 18.2 Å². The fourth-order valence-electron chi connectivity index (χ4n) is 3.95. The molecular formula is C27H21N3O5. The van der Waals surface area contributed by atoms with Gasteiger partial charge in [0.25, 0.3) is 11.6 Å². The molecule has 4 aromatic rings. The van der Waals surface area contributed by atoms with Gasteiger partial charge in [0, 0.05) is 12.1 Å². The lowest BCUT2D eigenvalue weighted by Gasteiger charge is -2.20. The highest BCUT2D eigenvalue weighted by atomic mass is 16.6. The highest BCUT2D eigenvalue weighted by Crippen LogP contribution is 2.38. The Morgan fingerprint density at radius 1 is 0.829 bits per heavy atom. The first-order chi connectivity index (χ1) is 17.1. The summed E-state index contributed by atoms with van der Waals surface area (Å²) in [5.41, 5.74) is 2.94. The Morgan fingerprint density at radius 3 is 2.14 bits per heavy atom. The van der Waals surface area contributed by atoms with Crippen LogP contribution in [0.5, 0.6) is 11.8 Å². The van der Waals surface area contributed by atoms with Crippen LogP contribution in [0.1, 0.15) is 27.0 Å². The number of carbonyl (C=O) groups excluding carboxylic acids is 1. The topological polar surface area (TPSA) is 94.8 Å². The summed E-state index contributed by atoms with van der Waals surface area (Å²) in [5.74, 6) is 0.215. The van der Waals surface area contributed by atoms with Crippen LogP contribution in [-0.2, 0) is 19.8 Å². The summed E-state index contributed by atoms with van der Waals surface area (Å²) < 4.78 is 11.9. The van der Waals surface area contributed by atoms with Crippen molar-refractivity contribution in [2.45, 2.75) is 19.8 Å². The zero-order valence-electron chi connectivity index (χ0n) is 18.7. The van der Waals surface area contributed by atoms with E-state index in [-0.39, 0.29) is 30.6 Å². The lowest BCUT2D eigenvalue weighted by Crippen LogP contribution is -2.24. The standard InChI is InChI=1S/C27H21N3O5/c31-27-21-12-7-13-23(30(32)33)22(21)16-29(27)24-14-15-25(34-17-19-8-3-1-4-9-19)28-26(24)35-18-20-10-5-2-6-11-20/h1-15H,16-18H2. The number of amides is 1. The zero-order valence-corrected chi connectivity index (χ0v) is 18.7. The average molecular weight is 467 g/mol. The van der Waals surface area contributed by atoms with Gasteiger partial charge in [-0.2, -0.15) is 4.98 Å². The molecule has 174 valence electrons. The maximum atomic E-state index is 13.2. The number of anilines is 1. The fourth-order valence-corrected chi connectivity index (χ4v) is 3.95. The van der Waals surface area contributed by atoms with Crippen molar-refractivity contribution in [1.82, 2.24) is 4.98 Å². The summed E-state index contributed by atoms with van der Waals surface area (Å²) >= 11 is 0. The van der Waals surface area contributed by atoms with Gasteiger partial charge >= 0.3 is 0 Å². The van der Waals surface area contributed by atoms with Gasteiger partial charge in [0.15, 0.2) is 0 Å². The Bertz CT molecular complexity index is 1380. The van der Waals surface area contributed by atoms with Gasteiger partial charge in [-0.1, -0.05) is 66.7 Å². The first kappa shape index (κ1) is 22.1. The summed E-state index contributed by atoms with van der Waals surface area (Å²) in [7, 11) is 0. The molecule has 1 aromatic heterocycles. The van der Waals surface area contributed by atoms with Crippen molar-refractivity contribution in [2.75, 3.05) is 4.90 Å². The van der Waals surface area contributed by atoms with Gasteiger partial charge in [-0.25, -0.2) is 0 Å². The van der Waals surface area contributed by atoms with E-state index in [0.29, 0.717) is 29.3 Å². The minimum Gasteiger partial charge on any atom is -0.473 e.